The van der Waals surface area contributed by atoms with E-state index in [9.17, 15) is 4.79 Å². The van der Waals surface area contributed by atoms with Gasteiger partial charge in [0.25, 0.3) is 0 Å². The molecule has 3 heteroatoms. The van der Waals surface area contributed by atoms with Crippen LogP contribution in [0, 0.1) is 6.92 Å². The van der Waals surface area contributed by atoms with Crippen LogP contribution in [-0.2, 0) is 11.2 Å². The van der Waals surface area contributed by atoms with Gasteiger partial charge >= 0.3 is 0 Å². The Labute approximate surface area is 130 Å². The maximum absolute atomic E-state index is 12.6. The Hall–Kier alpha value is -1.74. The minimum Gasteiger partial charge on any atom is -0.308 e. The molecule has 2 nitrogen and oxygen atoms in total. The van der Waals surface area contributed by atoms with Gasteiger partial charge < -0.3 is 4.90 Å². The Balaban J connectivity index is 1.70. The van der Waals surface area contributed by atoms with Crippen molar-refractivity contribution in [3.63, 3.8) is 0 Å². The normalized spacial score (nSPS) is 16.9. The SMILES string of the molecule is Cc1ccc(SCC(=O)N2c3ccccc3C[C@@H]2C)cc1. The lowest BCUT2D eigenvalue weighted by Gasteiger charge is -2.22. The minimum atomic E-state index is 0.193. The van der Waals surface area contributed by atoms with Crippen LogP contribution in [0.4, 0.5) is 5.69 Å². The summed E-state index contributed by atoms with van der Waals surface area (Å²) in [6, 6.07) is 16.8. The van der Waals surface area contributed by atoms with Crippen molar-refractivity contribution in [2.24, 2.45) is 0 Å². The number of hydrogen-bond donors (Lipinski definition) is 0. The van der Waals surface area contributed by atoms with Gasteiger partial charge in [0.2, 0.25) is 5.91 Å². The van der Waals surface area contributed by atoms with E-state index in [2.05, 4.69) is 44.2 Å². The quantitative estimate of drug-likeness (QED) is 0.796. The van der Waals surface area contributed by atoms with E-state index in [0.717, 1.165) is 17.0 Å². The zero-order valence-corrected chi connectivity index (χ0v) is 13.2. The zero-order chi connectivity index (χ0) is 14.8. The number of carbonyl (C=O) groups excluding carboxylic acids is 1. The Kier molecular flexibility index (Phi) is 4.02. The fourth-order valence-corrected chi connectivity index (χ4v) is 3.55. The van der Waals surface area contributed by atoms with Crippen LogP contribution in [0.25, 0.3) is 0 Å². The fraction of sp³-hybridized carbons (Fsp3) is 0.278. The average Bonchev–Trinajstić information content (AvgIpc) is 2.82. The number of carbonyl (C=O) groups is 1. The van der Waals surface area contributed by atoms with Crippen LogP contribution in [-0.4, -0.2) is 17.7 Å². The van der Waals surface area contributed by atoms with E-state index in [1.165, 1.54) is 11.1 Å². The van der Waals surface area contributed by atoms with E-state index in [0.29, 0.717) is 5.75 Å². The van der Waals surface area contributed by atoms with Crippen molar-refractivity contribution >= 4 is 23.4 Å². The summed E-state index contributed by atoms with van der Waals surface area (Å²) in [5.41, 5.74) is 3.60. The number of para-hydroxylation sites is 1. The summed E-state index contributed by atoms with van der Waals surface area (Å²) >= 11 is 1.61. The number of thioether (sulfide) groups is 1. The number of anilines is 1. The standard InChI is InChI=1S/C18H19NOS/c1-13-7-9-16(10-8-13)21-12-18(20)19-14(2)11-15-5-3-4-6-17(15)19/h3-10,14H,11-12H2,1-2H3/t14-/m0/s1. The second-order valence-electron chi connectivity index (χ2n) is 5.55. The highest BCUT2D eigenvalue weighted by Crippen LogP contribution is 2.32. The van der Waals surface area contributed by atoms with Gasteiger partial charge in [-0.25, -0.2) is 0 Å². The first-order valence-electron chi connectivity index (χ1n) is 7.24. The molecule has 21 heavy (non-hydrogen) atoms. The van der Waals surface area contributed by atoms with Crippen LogP contribution in [0.15, 0.2) is 53.4 Å². The van der Waals surface area contributed by atoms with E-state index in [4.69, 9.17) is 0 Å². The molecule has 0 spiro atoms. The number of hydrogen-bond acceptors (Lipinski definition) is 2. The zero-order valence-electron chi connectivity index (χ0n) is 12.4. The molecule has 2 aromatic carbocycles. The number of fused-ring (bicyclic) bond motifs is 1. The second kappa shape index (κ2) is 5.94. The Morgan fingerprint density at radius 2 is 1.90 bits per heavy atom. The summed E-state index contributed by atoms with van der Waals surface area (Å²) < 4.78 is 0. The van der Waals surface area contributed by atoms with Gasteiger partial charge in [-0.1, -0.05) is 35.9 Å². The van der Waals surface area contributed by atoms with Gasteiger partial charge in [0.15, 0.2) is 0 Å². The first kappa shape index (κ1) is 14.2. The predicted octanol–water partition coefficient (Wildman–Crippen LogP) is 4.06. The number of benzene rings is 2. The summed E-state index contributed by atoms with van der Waals surface area (Å²) in [5, 5.41) is 0. The number of aryl methyl sites for hydroxylation is 1. The first-order chi connectivity index (χ1) is 10.1. The highest BCUT2D eigenvalue weighted by Gasteiger charge is 2.30. The molecule has 0 unspecified atom stereocenters. The molecule has 108 valence electrons. The average molecular weight is 297 g/mol. The van der Waals surface area contributed by atoms with Crippen LogP contribution in [0.5, 0.6) is 0 Å². The molecule has 2 aromatic rings. The summed E-state index contributed by atoms with van der Waals surface area (Å²) in [6.07, 6.45) is 0.955. The summed E-state index contributed by atoms with van der Waals surface area (Å²) in [7, 11) is 0. The lowest BCUT2D eigenvalue weighted by atomic mass is 10.1. The van der Waals surface area contributed by atoms with Gasteiger partial charge in [-0.2, -0.15) is 0 Å². The van der Waals surface area contributed by atoms with Crippen molar-refractivity contribution in [2.75, 3.05) is 10.7 Å². The van der Waals surface area contributed by atoms with Gasteiger partial charge in [0.05, 0.1) is 5.75 Å². The fourth-order valence-electron chi connectivity index (χ4n) is 2.79. The van der Waals surface area contributed by atoms with Crippen LogP contribution in [0.2, 0.25) is 0 Å². The van der Waals surface area contributed by atoms with Gasteiger partial charge in [-0.05, 0) is 44.0 Å². The van der Waals surface area contributed by atoms with Gasteiger partial charge in [0.1, 0.15) is 0 Å². The third-order valence-electron chi connectivity index (χ3n) is 3.86. The highest BCUT2D eigenvalue weighted by atomic mass is 32.2. The summed E-state index contributed by atoms with van der Waals surface area (Å²) in [5.74, 6) is 0.680. The molecule has 0 saturated heterocycles. The van der Waals surface area contributed by atoms with Gasteiger partial charge in [-0.15, -0.1) is 11.8 Å². The molecule has 0 aliphatic carbocycles. The topological polar surface area (TPSA) is 20.3 Å². The van der Waals surface area contributed by atoms with E-state index in [1.54, 1.807) is 11.8 Å². The molecule has 1 atom stereocenters. The third kappa shape index (κ3) is 2.98. The molecule has 0 saturated carbocycles. The molecule has 1 aliphatic heterocycles. The van der Waals surface area contributed by atoms with Crippen molar-refractivity contribution in [1.82, 2.24) is 0 Å². The minimum absolute atomic E-state index is 0.193. The predicted molar refractivity (Wildman–Crippen MR) is 89.0 cm³/mol. The van der Waals surface area contributed by atoms with E-state index < -0.39 is 0 Å². The lowest BCUT2D eigenvalue weighted by molar-refractivity contribution is -0.116. The molecule has 0 N–H and O–H groups in total. The molecule has 3 rings (SSSR count). The number of amides is 1. The largest absolute Gasteiger partial charge is 0.308 e. The number of rotatable bonds is 3. The summed E-state index contributed by atoms with van der Waals surface area (Å²) in [6.45, 7) is 4.19. The summed E-state index contributed by atoms with van der Waals surface area (Å²) in [4.78, 5) is 15.7. The molecule has 0 radical (unpaired) electrons. The van der Waals surface area contributed by atoms with Gasteiger partial charge in [0, 0.05) is 16.6 Å². The monoisotopic (exact) mass is 297 g/mol. The Morgan fingerprint density at radius 3 is 2.67 bits per heavy atom. The third-order valence-corrected chi connectivity index (χ3v) is 4.86. The molecular weight excluding hydrogens is 278 g/mol. The lowest BCUT2D eigenvalue weighted by Crippen LogP contribution is -2.36. The van der Waals surface area contributed by atoms with E-state index >= 15 is 0 Å². The van der Waals surface area contributed by atoms with E-state index in [-0.39, 0.29) is 11.9 Å². The smallest absolute Gasteiger partial charge is 0.237 e. The van der Waals surface area contributed by atoms with Crippen LogP contribution in [0.1, 0.15) is 18.1 Å². The molecule has 0 fully saturated rings. The Morgan fingerprint density at radius 1 is 1.19 bits per heavy atom. The maximum atomic E-state index is 12.6. The first-order valence-corrected chi connectivity index (χ1v) is 8.23. The van der Waals surface area contributed by atoms with Crippen molar-refractivity contribution < 1.29 is 4.79 Å². The van der Waals surface area contributed by atoms with Crippen LogP contribution >= 0.6 is 11.8 Å². The maximum Gasteiger partial charge on any atom is 0.237 e. The second-order valence-corrected chi connectivity index (χ2v) is 6.60. The van der Waals surface area contributed by atoms with Crippen molar-refractivity contribution in [3.05, 3.63) is 59.7 Å². The molecule has 0 aromatic heterocycles. The number of nitrogens with zero attached hydrogens (tertiary/aromatic N) is 1. The van der Waals surface area contributed by atoms with Crippen LogP contribution in [0.3, 0.4) is 0 Å². The Bertz CT molecular complexity index is 651. The molecule has 1 heterocycles. The van der Waals surface area contributed by atoms with E-state index in [1.807, 2.05) is 23.1 Å². The highest BCUT2D eigenvalue weighted by molar-refractivity contribution is 8.00. The van der Waals surface area contributed by atoms with Crippen molar-refractivity contribution in [2.45, 2.75) is 31.2 Å². The molecular formula is C18H19NOS. The molecule has 0 bridgehead atoms. The van der Waals surface area contributed by atoms with Gasteiger partial charge in [-0.3, -0.25) is 4.79 Å². The van der Waals surface area contributed by atoms with Crippen molar-refractivity contribution in [3.8, 4) is 0 Å². The molecule has 1 amide bonds. The van der Waals surface area contributed by atoms with Crippen molar-refractivity contribution in [1.29, 1.82) is 0 Å². The molecule has 1 aliphatic rings. The van der Waals surface area contributed by atoms with Crippen LogP contribution < -0.4 is 4.90 Å².